The number of carbonyl (C=O) groups is 2. The Labute approximate surface area is 145 Å². The van der Waals surface area contributed by atoms with Crippen molar-refractivity contribution in [1.29, 1.82) is 0 Å². The molecule has 1 heterocycles. The first-order valence-corrected chi connectivity index (χ1v) is 7.82. The summed E-state index contributed by atoms with van der Waals surface area (Å²) < 4.78 is 0. The molecule has 0 fully saturated rings. The van der Waals surface area contributed by atoms with Crippen molar-refractivity contribution in [3.63, 3.8) is 0 Å². The number of fused-ring (bicyclic) bond motifs is 1. The van der Waals surface area contributed by atoms with Crippen LogP contribution in [0.2, 0.25) is 0 Å². The zero-order chi connectivity index (χ0) is 17.8. The number of nitrogens with two attached hydrogens (primary N) is 1. The number of primary amides is 1. The number of amides is 3. The number of carbonyl (C=O) groups excluding carboxylic acids is 2. The number of aryl methyl sites for hydroxylation is 1. The number of hydrogen-bond donors (Lipinski definition) is 3. The molecule has 0 atom stereocenters. The average Bonchev–Trinajstić information content (AvgIpc) is 2.61. The van der Waals surface area contributed by atoms with Crippen LogP contribution in [0.3, 0.4) is 0 Å². The lowest BCUT2D eigenvalue weighted by atomic mass is 10.1. The molecule has 0 aliphatic rings. The number of aromatic nitrogens is 1. The summed E-state index contributed by atoms with van der Waals surface area (Å²) in [6, 6.07) is 14.1. The van der Waals surface area contributed by atoms with E-state index in [1.165, 1.54) is 0 Å². The van der Waals surface area contributed by atoms with Gasteiger partial charge in [0.2, 0.25) is 0 Å². The molecule has 0 spiro atoms. The molecule has 3 aromatic rings. The molecule has 3 amide bonds. The van der Waals surface area contributed by atoms with Gasteiger partial charge >= 0.3 is 6.03 Å². The van der Waals surface area contributed by atoms with Crippen LogP contribution in [0, 0.1) is 6.92 Å². The molecule has 4 N–H and O–H groups in total. The minimum Gasteiger partial charge on any atom is -0.351 e. The van der Waals surface area contributed by atoms with Crippen molar-refractivity contribution >= 4 is 28.5 Å². The van der Waals surface area contributed by atoms with Gasteiger partial charge in [0.15, 0.2) is 0 Å². The van der Waals surface area contributed by atoms with Crippen molar-refractivity contribution in [3.8, 4) is 0 Å². The van der Waals surface area contributed by atoms with Crippen LogP contribution in [0.5, 0.6) is 0 Å². The fourth-order valence-corrected chi connectivity index (χ4v) is 2.68. The Morgan fingerprint density at radius 1 is 1.12 bits per heavy atom. The molecule has 0 saturated heterocycles. The van der Waals surface area contributed by atoms with Gasteiger partial charge in [0.05, 0.1) is 5.52 Å². The monoisotopic (exact) mass is 334 g/mol. The number of hydrogen-bond acceptors (Lipinski definition) is 3. The number of urea groups is 1. The van der Waals surface area contributed by atoms with Crippen molar-refractivity contribution in [1.82, 2.24) is 10.3 Å². The van der Waals surface area contributed by atoms with Gasteiger partial charge in [-0.15, -0.1) is 0 Å². The molecular weight excluding hydrogens is 316 g/mol. The summed E-state index contributed by atoms with van der Waals surface area (Å²) in [5.74, 6) is -0.216. The van der Waals surface area contributed by atoms with Gasteiger partial charge in [-0.2, -0.15) is 0 Å². The Balaban J connectivity index is 1.79. The van der Waals surface area contributed by atoms with E-state index in [0.717, 1.165) is 22.0 Å². The molecule has 1 aromatic heterocycles. The lowest BCUT2D eigenvalue weighted by Crippen LogP contribution is -2.24. The average molecular weight is 334 g/mol. The normalized spacial score (nSPS) is 10.4. The van der Waals surface area contributed by atoms with E-state index in [0.29, 0.717) is 17.8 Å². The third-order valence-electron chi connectivity index (χ3n) is 3.93. The zero-order valence-corrected chi connectivity index (χ0v) is 13.7. The molecule has 0 aliphatic heterocycles. The first-order valence-electron chi connectivity index (χ1n) is 7.82. The molecule has 0 unspecified atom stereocenters. The largest absolute Gasteiger partial charge is 0.351 e. The van der Waals surface area contributed by atoms with Crippen LogP contribution in [0.1, 0.15) is 21.5 Å². The SMILES string of the molecule is Cc1ccc(NC(N)=O)cc1C(=O)NCc1cccc2ncccc12. The van der Waals surface area contributed by atoms with Crippen LogP contribution >= 0.6 is 0 Å². The number of nitrogens with one attached hydrogen (secondary N) is 2. The van der Waals surface area contributed by atoms with Crippen LogP contribution < -0.4 is 16.4 Å². The highest BCUT2D eigenvalue weighted by molar-refractivity contribution is 5.98. The van der Waals surface area contributed by atoms with E-state index < -0.39 is 6.03 Å². The molecule has 6 nitrogen and oxygen atoms in total. The second kappa shape index (κ2) is 7.00. The fourth-order valence-electron chi connectivity index (χ4n) is 2.68. The van der Waals surface area contributed by atoms with Gasteiger partial charge in [-0.25, -0.2) is 4.79 Å². The molecule has 3 rings (SSSR count). The Hall–Kier alpha value is -3.41. The fraction of sp³-hybridized carbons (Fsp3) is 0.105. The summed E-state index contributed by atoms with van der Waals surface area (Å²) in [5.41, 5.74) is 8.78. The van der Waals surface area contributed by atoms with Crippen LogP contribution in [-0.2, 0) is 6.54 Å². The Kier molecular flexibility index (Phi) is 4.61. The summed E-state index contributed by atoms with van der Waals surface area (Å²) in [5, 5.41) is 6.40. The summed E-state index contributed by atoms with van der Waals surface area (Å²) in [6.07, 6.45) is 1.74. The smallest absolute Gasteiger partial charge is 0.316 e. The standard InChI is InChI=1S/C19H18N4O2/c1-12-7-8-14(23-19(20)25)10-16(12)18(24)22-11-13-4-2-6-17-15(13)5-3-9-21-17/h2-10H,11H2,1H3,(H,22,24)(H3,20,23,25). The number of benzene rings is 2. The number of anilines is 1. The maximum Gasteiger partial charge on any atom is 0.316 e. The van der Waals surface area contributed by atoms with E-state index in [2.05, 4.69) is 15.6 Å². The van der Waals surface area contributed by atoms with Crippen molar-refractivity contribution in [2.45, 2.75) is 13.5 Å². The molecule has 25 heavy (non-hydrogen) atoms. The van der Waals surface area contributed by atoms with Gasteiger partial charge in [0.1, 0.15) is 0 Å². The van der Waals surface area contributed by atoms with E-state index in [9.17, 15) is 9.59 Å². The van der Waals surface area contributed by atoms with E-state index in [1.807, 2.05) is 37.3 Å². The quantitative estimate of drug-likeness (QED) is 0.684. The summed E-state index contributed by atoms with van der Waals surface area (Å²) in [7, 11) is 0. The Morgan fingerprint density at radius 3 is 2.76 bits per heavy atom. The number of nitrogens with zero attached hydrogens (tertiary/aromatic N) is 1. The van der Waals surface area contributed by atoms with E-state index in [1.54, 1.807) is 24.4 Å². The van der Waals surface area contributed by atoms with Crippen molar-refractivity contribution in [2.75, 3.05) is 5.32 Å². The van der Waals surface area contributed by atoms with Gasteiger partial charge < -0.3 is 16.4 Å². The second-order valence-electron chi connectivity index (χ2n) is 5.69. The van der Waals surface area contributed by atoms with E-state index in [-0.39, 0.29) is 5.91 Å². The maximum absolute atomic E-state index is 12.5. The van der Waals surface area contributed by atoms with Crippen LogP contribution in [0.4, 0.5) is 10.5 Å². The highest BCUT2D eigenvalue weighted by Gasteiger charge is 2.11. The summed E-state index contributed by atoms with van der Waals surface area (Å²) in [6.45, 7) is 2.22. The molecule has 126 valence electrons. The third-order valence-corrected chi connectivity index (χ3v) is 3.93. The minimum atomic E-state index is -0.668. The van der Waals surface area contributed by atoms with Crippen molar-refractivity contribution in [3.05, 3.63) is 71.4 Å². The van der Waals surface area contributed by atoms with Gasteiger partial charge in [-0.3, -0.25) is 9.78 Å². The Bertz CT molecular complexity index is 948. The molecule has 2 aromatic carbocycles. The summed E-state index contributed by atoms with van der Waals surface area (Å²) >= 11 is 0. The lowest BCUT2D eigenvalue weighted by Gasteiger charge is -2.11. The number of rotatable bonds is 4. The zero-order valence-electron chi connectivity index (χ0n) is 13.7. The molecule has 0 aliphatic carbocycles. The lowest BCUT2D eigenvalue weighted by molar-refractivity contribution is 0.0950. The highest BCUT2D eigenvalue weighted by atomic mass is 16.2. The Morgan fingerprint density at radius 2 is 1.96 bits per heavy atom. The predicted octanol–water partition coefficient (Wildman–Crippen LogP) is 2.96. The van der Waals surface area contributed by atoms with Crippen molar-refractivity contribution < 1.29 is 9.59 Å². The molecule has 0 radical (unpaired) electrons. The van der Waals surface area contributed by atoms with Crippen LogP contribution in [0.25, 0.3) is 10.9 Å². The van der Waals surface area contributed by atoms with Gasteiger partial charge in [-0.05, 0) is 42.3 Å². The number of pyridine rings is 1. The molecule has 0 saturated carbocycles. The topological polar surface area (TPSA) is 97.1 Å². The maximum atomic E-state index is 12.5. The minimum absolute atomic E-state index is 0.216. The van der Waals surface area contributed by atoms with E-state index in [4.69, 9.17) is 5.73 Å². The van der Waals surface area contributed by atoms with Gasteiger partial charge in [0.25, 0.3) is 5.91 Å². The van der Waals surface area contributed by atoms with Crippen molar-refractivity contribution in [2.24, 2.45) is 5.73 Å². The van der Waals surface area contributed by atoms with E-state index >= 15 is 0 Å². The van der Waals surface area contributed by atoms with Crippen LogP contribution in [-0.4, -0.2) is 16.9 Å². The van der Waals surface area contributed by atoms with Gasteiger partial charge in [-0.1, -0.05) is 24.3 Å². The second-order valence-corrected chi connectivity index (χ2v) is 5.69. The predicted molar refractivity (Wildman–Crippen MR) is 97.3 cm³/mol. The molecule has 6 heteroatoms. The first kappa shape index (κ1) is 16.4. The first-order chi connectivity index (χ1) is 12.0. The van der Waals surface area contributed by atoms with Gasteiger partial charge in [0, 0.05) is 29.4 Å². The third kappa shape index (κ3) is 3.74. The molecule has 0 bridgehead atoms. The summed E-state index contributed by atoms with van der Waals surface area (Å²) in [4.78, 5) is 27.8. The highest BCUT2D eigenvalue weighted by Crippen LogP contribution is 2.18. The van der Waals surface area contributed by atoms with Crippen LogP contribution in [0.15, 0.2) is 54.7 Å². The molecular formula is C19H18N4O2.